The summed E-state index contributed by atoms with van der Waals surface area (Å²) in [4.78, 5) is 0. The highest BCUT2D eigenvalue weighted by Gasteiger charge is 2.23. The molecule has 0 heterocycles. The molecule has 0 saturated carbocycles. The van der Waals surface area contributed by atoms with Gasteiger partial charge in [0, 0.05) is 19.0 Å². The van der Waals surface area contributed by atoms with Gasteiger partial charge in [0.2, 0.25) is 0 Å². The first-order chi connectivity index (χ1) is 6.04. The molecular formula is C10H14ClF2N. The molecule has 0 unspecified atom stereocenters. The van der Waals surface area contributed by atoms with Crippen LogP contribution in [0.3, 0.4) is 0 Å². The van der Waals surface area contributed by atoms with E-state index in [9.17, 15) is 8.78 Å². The van der Waals surface area contributed by atoms with Gasteiger partial charge in [-0.3, -0.25) is 0 Å². The van der Waals surface area contributed by atoms with Gasteiger partial charge in [0.25, 0.3) is 5.92 Å². The Labute approximate surface area is 88.9 Å². The van der Waals surface area contributed by atoms with Gasteiger partial charge in [0.05, 0.1) is 0 Å². The lowest BCUT2D eigenvalue weighted by molar-refractivity contribution is 0.0174. The monoisotopic (exact) mass is 221 g/mol. The van der Waals surface area contributed by atoms with Gasteiger partial charge in [-0.1, -0.05) is 24.3 Å². The van der Waals surface area contributed by atoms with Crippen LogP contribution in [0.15, 0.2) is 24.3 Å². The summed E-state index contributed by atoms with van der Waals surface area (Å²) in [5, 5.41) is 2.95. The number of nitrogens with one attached hydrogen (secondary N) is 1. The SMILES string of the molecule is CNCc1ccc(C(C)(F)F)cc1.Cl. The largest absolute Gasteiger partial charge is 0.316 e. The zero-order valence-corrected chi connectivity index (χ0v) is 9.00. The van der Waals surface area contributed by atoms with Crippen molar-refractivity contribution in [3.05, 3.63) is 35.4 Å². The summed E-state index contributed by atoms with van der Waals surface area (Å²) < 4.78 is 25.5. The van der Waals surface area contributed by atoms with Crippen LogP contribution in [0.1, 0.15) is 18.1 Å². The summed E-state index contributed by atoms with van der Waals surface area (Å²) in [5.41, 5.74) is 1.07. The Morgan fingerprint density at radius 3 is 2.07 bits per heavy atom. The van der Waals surface area contributed by atoms with E-state index in [1.807, 2.05) is 7.05 Å². The molecule has 0 aliphatic heterocycles. The normalized spacial score (nSPS) is 10.9. The fourth-order valence-electron chi connectivity index (χ4n) is 1.12. The van der Waals surface area contributed by atoms with Gasteiger partial charge in [-0.2, -0.15) is 0 Å². The predicted octanol–water partition coefficient (Wildman–Crippen LogP) is 2.94. The molecule has 0 aliphatic rings. The van der Waals surface area contributed by atoms with Crippen LogP contribution in [-0.4, -0.2) is 7.05 Å². The number of alkyl halides is 2. The Kier molecular flexibility index (Phi) is 5.02. The maximum absolute atomic E-state index is 12.8. The summed E-state index contributed by atoms with van der Waals surface area (Å²) in [5.74, 6) is -2.74. The van der Waals surface area contributed by atoms with Crippen molar-refractivity contribution in [2.24, 2.45) is 0 Å². The van der Waals surface area contributed by atoms with Gasteiger partial charge in [-0.25, -0.2) is 8.78 Å². The Morgan fingerprint density at radius 1 is 1.21 bits per heavy atom. The van der Waals surface area contributed by atoms with Gasteiger partial charge >= 0.3 is 0 Å². The molecule has 14 heavy (non-hydrogen) atoms. The van der Waals surface area contributed by atoms with Crippen LogP contribution in [0, 0.1) is 0 Å². The van der Waals surface area contributed by atoms with Gasteiger partial charge in [-0.05, 0) is 12.6 Å². The van der Waals surface area contributed by atoms with E-state index >= 15 is 0 Å². The first-order valence-corrected chi connectivity index (χ1v) is 4.16. The number of benzene rings is 1. The maximum atomic E-state index is 12.8. The molecule has 0 amide bonds. The first-order valence-electron chi connectivity index (χ1n) is 4.16. The lowest BCUT2D eigenvalue weighted by Crippen LogP contribution is -2.08. The van der Waals surface area contributed by atoms with Gasteiger partial charge in [-0.15, -0.1) is 12.4 Å². The molecule has 4 heteroatoms. The molecule has 1 nitrogen and oxygen atoms in total. The van der Waals surface area contributed by atoms with Crippen molar-refractivity contribution in [1.29, 1.82) is 0 Å². The fourth-order valence-corrected chi connectivity index (χ4v) is 1.12. The Morgan fingerprint density at radius 2 is 1.71 bits per heavy atom. The third-order valence-corrected chi connectivity index (χ3v) is 1.84. The number of hydrogen-bond donors (Lipinski definition) is 1. The van der Waals surface area contributed by atoms with Crippen molar-refractivity contribution in [2.45, 2.75) is 19.4 Å². The highest BCUT2D eigenvalue weighted by molar-refractivity contribution is 5.85. The van der Waals surface area contributed by atoms with Crippen LogP contribution in [0.5, 0.6) is 0 Å². The van der Waals surface area contributed by atoms with Gasteiger partial charge in [0.1, 0.15) is 0 Å². The molecule has 0 aliphatic carbocycles. The number of hydrogen-bond acceptors (Lipinski definition) is 1. The third-order valence-electron chi connectivity index (χ3n) is 1.84. The molecule has 1 aromatic rings. The van der Waals surface area contributed by atoms with Crippen molar-refractivity contribution >= 4 is 12.4 Å². The van der Waals surface area contributed by atoms with Gasteiger partial charge in [0.15, 0.2) is 0 Å². The second kappa shape index (κ2) is 5.27. The Bertz CT molecular complexity index is 266. The van der Waals surface area contributed by atoms with E-state index in [1.165, 1.54) is 12.1 Å². The topological polar surface area (TPSA) is 12.0 Å². The summed E-state index contributed by atoms with van der Waals surface area (Å²) in [6, 6.07) is 6.35. The van der Waals surface area contributed by atoms with Gasteiger partial charge < -0.3 is 5.32 Å². The van der Waals surface area contributed by atoms with Crippen molar-refractivity contribution < 1.29 is 8.78 Å². The molecule has 0 aromatic heterocycles. The van der Waals surface area contributed by atoms with Crippen LogP contribution in [-0.2, 0) is 12.5 Å². The molecule has 0 saturated heterocycles. The molecule has 0 spiro atoms. The second-order valence-electron chi connectivity index (χ2n) is 3.12. The van der Waals surface area contributed by atoms with Crippen LogP contribution >= 0.6 is 12.4 Å². The molecule has 0 fully saturated rings. The third kappa shape index (κ3) is 3.60. The Hall–Kier alpha value is -0.670. The van der Waals surface area contributed by atoms with Crippen molar-refractivity contribution in [3.8, 4) is 0 Å². The molecule has 0 radical (unpaired) electrons. The van der Waals surface area contributed by atoms with E-state index in [0.717, 1.165) is 12.5 Å². The minimum absolute atomic E-state index is 0. The zero-order chi connectivity index (χ0) is 9.90. The summed E-state index contributed by atoms with van der Waals surface area (Å²) in [7, 11) is 1.82. The molecular weight excluding hydrogens is 208 g/mol. The highest BCUT2D eigenvalue weighted by Crippen LogP contribution is 2.26. The molecule has 1 aromatic carbocycles. The fraction of sp³-hybridized carbons (Fsp3) is 0.400. The number of rotatable bonds is 3. The van der Waals surface area contributed by atoms with E-state index in [-0.39, 0.29) is 18.0 Å². The van der Waals surface area contributed by atoms with Crippen molar-refractivity contribution in [1.82, 2.24) is 5.32 Å². The minimum Gasteiger partial charge on any atom is -0.316 e. The minimum atomic E-state index is -2.74. The molecule has 0 atom stereocenters. The van der Waals surface area contributed by atoms with E-state index < -0.39 is 5.92 Å². The smallest absolute Gasteiger partial charge is 0.270 e. The first kappa shape index (κ1) is 13.3. The summed E-state index contributed by atoms with van der Waals surface area (Å²) in [6.45, 7) is 1.61. The van der Waals surface area contributed by atoms with Crippen LogP contribution in [0.2, 0.25) is 0 Å². The number of halogens is 3. The lowest BCUT2D eigenvalue weighted by Gasteiger charge is -2.10. The van der Waals surface area contributed by atoms with Crippen LogP contribution < -0.4 is 5.32 Å². The highest BCUT2D eigenvalue weighted by atomic mass is 35.5. The molecule has 0 bridgehead atoms. The average molecular weight is 222 g/mol. The van der Waals surface area contributed by atoms with Crippen LogP contribution in [0.25, 0.3) is 0 Å². The quantitative estimate of drug-likeness (QED) is 0.828. The maximum Gasteiger partial charge on any atom is 0.270 e. The second-order valence-corrected chi connectivity index (χ2v) is 3.12. The molecule has 1 rings (SSSR count). The predicted molar refractivity (Wildman–Crippen MR) is 56.0 cm³/mol. The van der Waals surface area contributed by atoms with Crippen molar-refractivity contribution in [3.63, 3.8) is 0 Å². The Balaban J connectivity index is 0.00000169. The van der Waals surface area contributed by atoms with E-state index in [4.69, 9.17) is 0 Å². The zero-order valence-electron chi connectivity index (χ0n) is 8.18. The molecule has 80 valence electrons. The summed E-state index contributed by atoms with van der Waals surface area (Å²) >= 11 is 0. The van der Waals surface area contributed by atoms with E-state index in [2.05, 4.69) is 5.32 Å². The average Bonchev–Trinajstić information content (AvgIpc) is 2.04. The summed E-state index contributed by atoms with van der Waals surface area (Å²) in [6.07, 6.45) is 0. The van der Waals surface area contributed by atoms with Crippen LogP contribution in [0.4, 0.5) is 8.78 Å². The van der Waals surface area contributed by atoms with E-state index in [1.54, 1.807) is 12.1 Å². The lowest BCUT2D eigenvalue weighted by atomic mass is 10.1. The standard InChI is InChI=1S/C10H13F2N.ClH/c1-10(11,12)9-5-3-8(4-6-9)7-13-2;/h3-6,13H,7H2,1-2H3;1H. The van der Waals surface area contributed by atoms with Crippen molar-refractivity contribution in [2.75, 3.05) is 7.05 Å². The molecule has 1 N–H and O–H groups in total. The van der Waals surface area contributed by atoms with E-state index in [0.29, 0.717) is 6.54 Å².